The van der Waals surface area contributed by atoms with E-state index in [2.05, 4.69) is 34.7 Å². The Balaban J connectivity index is 1.84. The zero-order valence-electron chi connectivity index (χ0n) is 14.3. The van der Waals surface area contributed by atoms with E-state index in [1.54, 1.807) is 0 Å². The molecule has 0 fully saturated rings. The molecule has 0 aliphatic carbocycles. The molecule has 0 saturated carbocycles. The lowest BCUT2D eigenvalue weighted by atomic mass is 10.1. The summed E-state index contributed by atoms with van der Waals surface area (Å²) in [4.78, 5) is 12.5. The molecule has 0 aliphatic rings. The van der Waals surface area contributed by atoms with Crippen LogP contribution in [0.2, 0.25) is 0 Å². The van der Waals surface area contributed by atoms with Gasteiger partial charge in [-0.05, 0) is 28.3 Å². The number of carbonyl (C=O) groups excluding carboxylic acids is 1. The molecule has 1 N–H and O–H groups in total. The second kappa shape index (κ2) is 9.77. The normalized spacial score (nSPS) is 12.3. The summed E-state index contributed by atoms with van der Waals surface area (Å²) >= 11 is 0. The van der Waals surface area contributed by atoms with Gasteiger partial charge in [0.25, 0.3) is 0 Å². The van der Waals surface area contributed by atoms with E-state index in [4.69, 9.17) is 4.74 Å². The Bertz CT molecular complexity index is 586. The quantitative estimate of drug-likeness (QED) is 0.669. The predicted molar refractivity (Wildman–Crippen MR) is 90.3 cm³/mol. The third kappa shape index (κ3) is 6.08. The minimum atomic E-state index is -0.459. The maximum absolute atomic E-state index is 12.5. The van der Waals surface area contributed by atoms with E-state index in [1.165, 1.54) is 11.0 Å². The summed E-state index contributed by atoms with van der Waals surface area (Å²) in [5.74, 6) is 0.435. The van der Waals surface area contributed by atoms with Crippen molar-refractivity contribution in [2.24, 2.45) is 5.92 Å². The number of nitrogens with one attached hydrogen (secondary N) is 1. The largest absolute Gasteiger partial charge is 0.381 e. The van der Waals surface area contributed by atoms with Gasteiger partial charge in [0, 0.05) is 26.2 Å². The molecule has 0 aliphatic heterocycles. The SMILES string of the molecule is CC(C)COCCCNC(=O)C(Cc1ccccc1)n1cnnn1. The summed E-state index contributed by atoms with van der Waals surface area (Å²) in [6, 6.07) is 9.38. The van der Waals surface area contributed by atoms with Crippen LogP contribution in [0.25, 0.3) is 0 Å². The van der Waals surface area contributed by atoms with Crippen LogP contribution >= 0.6 is 0 Å². The van der Waals surface area contributed by atoms with Gasteiger partial charge in [-0.1, -0.05) is 44.2 Å². The van der Waals surface area contributed by atoms with Crippen molar-refractivity contribution >= 4 is 5.91 Å². The van der Waals surface area contributed by atoms with Gasteiger partial charge in [-0.2, -0.15) is 0 Å². The van der Waals surface area contributed by atoms with E-state index in [0.29, 0.717) is 25.5 Å². The highest BCUT2D eigenvalue weighted by Crippen LogP contribution is 2.13. The number of hydrogen-bond donors (Lipinski definition) is 1. The number of amides is 1. The van der Waals surface area contributed by atoms with Crippen molar-refractivity contribution in [1.82, 2.24) is 25.5 Å². The molecule has 2 aromatic rings. The first-order valence-electron chi connectivity index (χ1n) is 8.28. The maximum Gasteiger partial charge on any atom is 0.245 e. The van der Waals surface area contributed by atoms with Crippen molar-refractivity contribution in [2.75, 3.05) is 19.8 Å². The van der Waals surface area contributed by atoms with Crippen LogP contribution in [0.4, 0.5) is 0 Å². The summed E-state index contributed by atoms with van der Waals surface area (Å²) in [7, 11) is 0. The summed E-state index contributed by atoms with van der Waals surface area (Å²) < 4.78 is 7.01. The molecule has 0 spiro atoms. The Hall–Kier alpha value is -2.28. The second-order valence-electron chi connectivity index (χ2n) is 6.11. The summed E-state index contributed by atoms with van der Waals surface area (Å²) in [5.41, 5.74) is 1.06. The third-order valence-electron chi connectivity index (χ3n) is 3.47. The maximum atomic E-state index is 12.5. The van der Waals surface area contributed by atoms with Gasteiger partial charge in [0.05, 0.1) is 0 Å². The number of carbonyl (C=O) groups is 1. The van der Waals surface area contributed by atoms with Crippen molar-refractivity contribution in [3.63, 3.8) is 0 Å². The molecule has 7 nitrogen and oxygen atoms in total. The van der Waals surface area contributed by atoms with Gasteiger partial charge in [-0.15, -0.1) is 5.10 Å². The molecule has 1 aromatic heterocycles. The monoisotopic (exact) mass is 331 g/mol. The fraction of sp³-hybridized carbons (Fsp3) is 0.529. The Kier molecular flexibility index (Phi) is 7.35. The summed E-state index contributed by atoms with van der Waals surface area (Å²) in [5, 5.41) is 14.1. The van der Waals surface area contributed by atoms with E-state index >= 15 is 0 Å². The van der Waals surface area contributed by atoms with Crippen LogP contribution < -0.4 is 5.32 Å². The zero-order valence-corrected chi connectivity index (χ0v) is 14.3. The summed E-state index contributed by atoms with van der Waals surface area (Å²) in [6.45, 7) is 6.19. The van der Waals surface area contributed by atoms with Crippen molar-refractivity contribution < 1.29 is 9.53 Å². The first-order valence-corrected chi connectivity index (χ1v) is 8.28. The van der Waals surface area contributed by atoms with Crippen molar-refractivity contribution in [3.8, 4) is 0 Å². The highest BCUT2D eigenvalue weighted by molar-refractivity contribution is 5.80. The van der Waals surface area contributed by atoms with Gasteiger partial charge in [-0.25, -0.2) is 4.68 Å². The predicted octanol–water partition coefficient (Wildman–Crippen LogP) is 1.64. The Labute approximate surface area is 142 Å². The van der Waals surface area contributed by atoms with Gasteiger partial charge in [0.1, 0.15) is 12.4 Å². The van der Waals surface area contributed by atoms with E-state index in [0.717, 1.165) is 18.6 Å². The number of aromatic nitrogens is 4. The Morgan fingerprint density at radius 2 is 2.08 bits per heavy atom. The highest BCUT2D eigenvalue weighted by Gasteiger charge is 2.21. The molecular formula is C17H25N5O2. The molecule has 2 rings (SSSR count). The molecule has 7 heteroatoms. The molecule has 1 aromatic carbocycles. The fourth-order valence-electron chi connectivity index (χ4n) is 2.28. The Morgan fingerprint density at radius 3 is 2.75 bits per heavy atom. The van der Waals surface area contributed by atoms with E-state index in [9.17, 15) is 4.79 Å². The Morgan fingerprint density at radius 1 is 1.29 bits per heavy atom. The molecule has 24 heavy (non-hydrogen) atoms. The molecule has 1 amide bonds. The molecule has 1 heterocycles. The topological polar surface area (TPSA) is 81.9 Å². The molecule has 1 unspecified atom stereocenters. The first kappa shape index (κ1) is 18.1. The van der Waals surface area contributed by atoms with Gasteiger partial charge >= 0.3 is 0 Å². The van der Waals surface area contributed by atoms with Crippen LogP contribution in [-0.2, 0) is 16.0 Å². The van der Waals surface area contributed by atoms with Crippen LogP contribution in [0.3, 0.4) is 0 Å². The van der Waals surface area contributed by atoms with Crippen LogP contribution in [-0.4, -0.2) is 45.9 Å². The molecule has 0 saturated heterocycles. The van der Waals surface area contributed by atoms with Crippen LogP contribution in [0.15, 0.2) is 36.7 Å². The minimum absolute atomic E-state index is 0.0880. The van der Waals surface area contributed by atoms with Gasteiger partial charge in [0.2, 0.25) is 5.91 Å². The minimum Gasteiger partial charge on any atom is -0.381 e. The van der Waals surface area contributed by atoms with Crippen molar-refractivity contribution in [1.29, 1.82) is 0 Å². The number of rotatable bonds is 10. The van der Waals surface area contributed by atoms with Crippen LogP contribution in [0, 0.1) is 5.92 Å². The van der Waals surface area contributed by atoms with E-state index in [1.807, 2.05) is 30.3 Å². The lowest BCUT2D eigenvalue weighted by Gasteiger charge is -2.16. The van der Waals surface area contributed by atoms with Crippen LogP contribution in [0.5, 0.6) is 0 Å². The number of nitrogens with zero attached hydrogens (tertiary/aromatic N) is 4. The molecule has 0 radical (unpaired) electrons. The zero-order chi connectivity index (χ0) is 17.2. The van der Waals surface area contributed by atoms with Gasteiger partial charge in [-0.3, -0.25) is 4.79 Å². The molecular weight excluding hydrogens is 306 g/mol. The lowest BCUT2D eigenvalue weighted by Crippen LogP contribution is -2.35. The van der Waals surface area contributed by atoms with Crippen LogP contribution in [0.1, 0.15) is 31.9 Å². The van der Waals surface area contributed by atoms with E-state index in [-0.39, 0.29) is 5.91 Å². The van der Waals surface area contributed by atoms with Crippen molar-refractivity contribution in [2.45, 2.75) is 32.7 Å². The fourth-order valence-corrected chi connectivity index (χ4v) is 2.28. The highest BCUT2D eigenvalue weighted by atomic mass is 16.5. The molecule has 0 bridgehead atoms. The average Bonchev–Trinajstić information content (AvgIpc) is 3.10. The summed E-state index contributed by atoms with van der Waals surface area (Å²) in [6.07, 6.45) is 2.80. The number of ether oxygens (including phenoxy) is 1. The van der Waals surface area contributed by atoms with Gasteiger partial charge in [0.15, 0.2) is 0 Å². The lowest BCUT2D eigenvalue weighted by molar-refractivity contribution is -0.124. The standard InChI is InChI=1S/C17H25N5O2/c1-14(2)12-24-10-6-9-18-17(23)16(22-13-19-20-21-22)11-15-7-4-3-5-8-15/h3-5,7-8,13-14,16H,6,9-12H2,1-2H3,(H,18,23). The number of benzene rings is 1. The van der Waals surface area contributed by atoms with Gasteiger partial charge < -0.3 is 10.1 Å². The third-order valence-corrected chi connectivity index (χ3v) is 3.47. The number of tetrazole rings is 1. The smallest absolute Gasteiger partial charge is 0.245 e. The average molecular weight is 331 g/mol. The molecule has 130 valence electrons. The van der Waals surface area contributed by atoms with Crippen molar-refractivity contribution in [3.05, 3.63) is 42.2 Å². The molecule has 1 atom stereocenters. The van der Waals surface area contributed by atoms with E-state index < -0.39 is 6.04 Å². The second-order valence-corrected chi connectivity index (χ2v) is 6.11. The first-order chi connectivity index (χ1) is 11.7. The number of hydrogen-bond acceptors (Lipinski definition) is 5.